The zero-order chi connectivity index (χ0) is 14.2. The van der Waals surface area contributed by atoms with Gasteiger partial charge in [0.1, 0.15) is 5.82 Å². The largest absolute Gasteiger partial charge is 0.396 e. The SMILES string of the molecule is OCCCn1cc(CNCCc2ccccc2F)nn1. The van der Waals surface area contributed by atoms with Crippen LogP contribution in [0.25, 0.3) is 0 Å². The van der Waals surface area contributed by atoms with Crippen molar-refractivity contribution in [3.8, 4) is 0 Å². The molecule has 1 aromatic heterocycles. The summed E-state index contributed by atoms with van der Waals surface area (Å²) in [5.41, 5.74) is 1.56. The Kier molecular flexibility index (Phi) is 5.64. The number of nitrogens with one attached hydrogen (secondary N) is 1. The lowest BCUT2D eigenvalue weighted by atomic mass is 10.1. The molecular weight excluding hydrogens is 259 g/mol. The molecule has 0 aliphatic carbocycles. The fraction of sp³-hybridized carbons (Fsp3) is 0.429. The molecule has 0 fully saturated rings. The maximum Gasteiger partial charge on any atom is 0.126 e. The highest BCUT2D eigenvalue weighted by atomic mass is 19.1. The van der Waals surface area contributed by atoms with Gasteiger partial charge in [0.05, 0.1) is 5.69 Å². The van der Waals surface area contributed by atoms with Gasteiger partial charge in [-0.05, 0) is 31.0 Å². The molecule has 0 spiro atoms. The van der Waals surface area contributed by atoms with Crippen molar-refractivity contribution in [2.45, 2.75) is 25.9 Å². The van der Waals surface area contributed by atoms with E-state index in [1.165, 1.54) is 6.07 Å². The van der Waals surface area contributed by atoms with Gasteiger partial charge in [-0.2, -0.15) is 0 Å². The number of rotatable bonds is 8. The Balaban J connectivity index is 1.71. The van der Waals surface area contributed by atoms with E-state index in [9.17, 15) is 4.39 Å². The normalized spacial score (nSPS) is 10.9. The fourth-order valence-corrected chi connectivity index (χ4v) is 1.90. The first-order valence-corrected chi connectivity index (χ1v) is 6.73. The lowest BCUT2D eigenvalue weighted by Gasteiger charge is -2.03. The van der Waals surface area contributed by atoms with Crippen LogP contribution in [0, 0.1) is 5.82 Å². The average Bonchev–Trinajstić information content (AvgIpc) is 2.91. The molecule has 2 rings (SSSR count). The molecule has 5 nitrogen and oxygen atoms in total. The van der Waals surface area contributed by atoms with Gasteiger partial charge in [-0.3, -0.25) is 4.68 Å². The van der Waals surface area contributed by atoms with Gasteiger partial charge in [0.2, 0.25) is 0 Å². The van der Waals surface area contributed by atoms with Crippen molar-refractivity contribution >= 4 is 0 Å². The van der Waals surface area contributed by atoms with Gasteiger partial charge in [0.15, 0.2) is 0 Å². The van der Waals surface area contributed by atoms with Gasteiger partial charge < -0.3 is 10.4 Å². The molecule has 0 aliphatic rings. The summed E-state index contributed by atoms with van der Waals surface area (Å²) >= 11 is 0. The van der Waals surface area contributed by atoms with Crippen molar-refractivity contribution in [1.82, 2.24) is 20.3 Å². The van der Waals surface area contributed by atoms with E-state index in [4.69, 9.17) is 5.11 Å². The lowest BCUT2D eigenvalue weighted by molar-refractivity contribution is 0.276. The van der Waals surface area contributed by atoms with Crippen molar-refractivity contribution < 1.29 is 9.50 Å². The summed E-state index contributed by atoms with van der Waals surface area (Å²) in [6, 6.07) is 6.80. The minimum atomic E-state index is -0.163. The third-order valence-corrected chi connectivity index (χ3v) is 2.97. The number of halogens is 1. The molecule has 6 heteroatoms. The van der Waals surface area contributed by atoms with Crippen LogP contribution >= 0.6 is 0 Å². The third kappa shape index (κ3) is 4.40. The molecule has 0 amide bonds. The van der Waals surface area contributed by atoms with Gasteiger partial charge in [-0.15, -0.1) is 5.10 Å². The zero-order valence-electron chi connectivity index (χ0n) is 11.3. The van der Waals surface area contributed by atoms with Gasteiger partial charge >= 0.3 is 0 Å². The summed E-state index contributed by atoms with van der Waals surface area (Å²) in [6.07, 6.45) is 3.17. The van der Waals surface area contributed by atoms with E-state index in [0.717, 1.165) is 5.69 Å². The van der Waals surface area contributed by atoms with Crippen LogP contribution in [0.15, 0.2) is 30.5 Å². The molecule has 0 saturated carbocycles. The molecule has 2 N–H and O–H groups in total. The smallest absolute Gasteiger partial charge is 0.126 e. The molecule has 0 aliphatic heterocycles. The molecule has 1 aromatic carbocycles. The van der Waals surface area contributed by atoms with E-state index in [2.05, 4.69) is 15.6 Å². The highest BCUT2D eigenvalue weighted by Crippen LogP contribution is 2.06. The van der Waals surface area contributed by atoms with Crippen LogP contribution in [0.2, 0.25) is 0 Å². The molecule has 0 saturated heterocycles. The monoisotopic (exact) mass is 278 g/mol. The summed E-state index contributed by atoms with van der Waals surface area (Å²) in [5, 5.41) is 19.9. The summed E-state index contributed by atoms with van der Waals surface area (Å²) in [5.74, 6) is -0.163. The minimum absolute atomic E-state index is 0.149. The maximum absolute atomic E-state index is 13.4. The quantitative estimate of drug-likeness (QED) is 0.711. The first-order valence-electron chi connectivity index (χ1n) is 6.73. The third-order valence-electron chi connectivity index (χ3n) is 2.97. The first kappa shape index (κ1) is 14.6. The second-order valence-corrected chi connectivity index (χ2v) is 4.57. The Morgan fingerprint density at radius 3 is 2.95 bits per heavy atom. The summed E-state index contributed by atoms with van der Waals surface area (Å²) < 4.78 is 15.1. The number of nitrogens with zero attached hydrogens (tertiary/aromatic N) is 3. The average molecular weight is 278 g/mol. The van der Waals surface area contributed by atoms with Crippen LogP contribution in [0.4, 0.5) is 4.39 Å². The molecule has 0 bridgehead atoms. The van der Waals surface area contributed by atoms with Crippen LogP contribution in [-0.4, -0.2) is 33.3 Å². The number of aliphatic hydroxyl groups excluding tert-OH is 1. The molecule has 20 heavy (non-hydrogen) atoms. The Morgan fingerprint density at radius 1 is 1.30 bits per heavy atom. The molecule has 108 valence electrons. The minimum Gasteiger partial charge on any atom is -0.396 e. The standard InChI is InChI=1S/C14H19FN4O/c15-14-5-2-1-4-12(14)6-7-16-10-13-11-19(18-17-13)8-3-9-20/h1-2,4-5,11,16,20H,3,6-10H2. The highest BCUT2D eigenvalue weighted by molar-refractivity contribution is 5.17. The van der Waals surface area contributed by atoms with Crippen molar-refractivity contribution in [2.24, 2.45) is 0 Å². The van der Waals surface area contributed by atoms with Crippen molar-refractivity contribution in [1.29, 1.82) is 0 Å². The number of hydrogen-bond donors (Lipinski definition) is 2. The second kappa shape index (κ2) is 7.72. The number of aliphatic hydroxyl groups is 1. The van der Waals surface area contributed by atoms with Crippen molar-refractivity contribution in [2.75, 3.05) is 13.2 Å². The van der Waals surface area contributed by atoms with Crippen LogP contribution in [-0.2, 0) is 19.5 Å². The molecule has 0 radical (unpaired) electrons. The highest BCUT2D eigenvalue weighted by Gasteiger charge is 2.02. The first-order chi connectivity index (χ1) is 9.79. The molecule has 2 aromatic rings. The Morgan fingerprint density at radius 2 is 2.15 bits per heavy atom. The topological polar surface area (TPSA) is 63.0 Å². The molecule has 0 unspecified atom stereocenters. The Labute approximate surface area is 117 Å². The predicted octanol–water partition coefficient (Wildman–Crippen LogP) is 1.13. The van der Waals surface area contributed by atoms with Crippen molar-refractivity contribution in [3.63, 3.8) is 0 Å². The van der Waals surface area contributed by atoms with Crippen LogP contribution in [0.1, 0.15) is 17.7 Å². The lowest BCUT2D eigenvalue weighted by Crippen LogP contribution is -2.17. The molecule has 0 atom stereocenters. The van der Waals surface area contributed by atoms with E-state index in [-0.39, 0.29) is 12.4 Å². The maximum atomic E-state index is 13.4. The predicted molar refractivity (Wildman–Crippen MR) is 73.5 cm³/mol. The van der Waals surface area contributed by atoms with Gasteiger partial charge in [0.25, 0.3) is 0 Å². The van der Waals surface area contributed by atoms with Crippen LogP contribution in [0.3, 0.4) is 0 Å². The Hall–Kier alpha value is -1.79. The summed E-state index contributed by atoms with van der Waals surface area (Å²) in [4.78, 5) is 0. The van der Waals surface area contributed by atoms with E-state index >= 15 is 0 Å². The summed E-state index contributed by atoms with van der Waals surface area (Å²) in [7, 11) is 0. The second-order valence-electron chi connectivity index (χ2n) is 4.57. The summed E-state index contributed by atoms with van der Waals surface area (Å²) in [6.45, 7) is 2.10. The fourth-order valence-electron chi connectivity index (χ4n) is 1.90. The molecule has 1 heterocycles. The number of benzene rings is 1. The van der Waals surface area contributed by atoms with Crippen molar-refractivity contribution in [3.05, 3.63) is 47.5 Å². The number of aryl methyl sites for hydroxylation is 1. The zero-order valence-corrected chi connectivity index (χ0v) is 11.3. The van der Waals surface area contributed by atoms with E-state index in [1.54, 1.807) is 16.8 Å². The van der Waals surface area contributed by atoms with Crippen LogP contribution in [0.5, 0.6) is 0 Å². The van der Waals surface area contributed by atoms with Gasteiger partial charge in [-0.25, -0.2) is 4.39 Å². The van der Waals surface area contributed by atoms with E-state index < -0.39 is 0 Å². The Bertz CT molecular complexity index is 529. The van der Waals surface area contributed by atoms with Crippen LogP contribution < -0.4 is 5.32 Å². The molecular formula is C14H19FN4O. The number of aromatic nitrogens is 3. The van der Waals surface area contributed by atoms with Gasteiger partial charge in [0, 0.05) is 25.9 Å². The number of hydrogen-bond acceptors (Lipinski definition) is 4. The van der Waals surface area contributed by atoms with E-state index in [0.29, 0.717) is 38.0 Å². The van der Waals surface area contributed by atoms with E-state index in [1.807, 2.05) is 12.3 Å². The van der Waals surface area contributed by atoms with Gasteiger partial charge in [-0.1, -0.05) is 23.4 Å².